The van der Waals surface area contributed by atoms with Crippen molar-refractivity contribution in [2.75, 3.05) is 38.1 Å². The molecule has 3 aliphatic heterocycles. The van der Waals surface area contributed by atoms with Crippen molar-refractivity contribution in [2.45, 2.75) is 65.1 Å². The molecule has 3 aliphatic rings. The number of amides is 1. The van der Waals surface area contributed by atoms with E-state index in [-0.39, 0.29) is 30.7 Å². The van der Waals surface area contributed by atoms with Gasteiger partial charge in [-0.05, 0) is 80.6 Å². The summed E-state index contributed by atoms with van der Waals surface area (Å²) in [6.45, 7) is 10.4. The third kappa shape index (κ3) is 6.10. The van der Waals surface area contributed by atoms with Gasteiger partial charge in [-0.2, -0.15) is 0 Å². The largest absolute Gasteiger partial charge is 0.491 e. The SMILES string of the molecule is CCCN1CCC(N2Cc3cc4c(cc3C2=O)CC(c2c(NCC(O)COc3ccc(C)cc3C)cc[nH]c2=O)=N4)CC1. The number of carbonyl (C=O) groups excluding carboxylic acids is 1. The molecule has 2 aromatic carbocycles. The molecule has 1 saturated heterocycles. The summed E-state index contributed by atoms with van der Waals surface area (Å²) in [5, 5.41) is 13.8. The number of fused-ring (bicyclic) bond motifs is 2. The smallest absolute Gasteiger partial charge is 0.259 e. The number of hydrogen-bond donors (Lipinski definition) is 3. The molecule has 1 fully saturated rings. The van der Waals surface area contributed by atoms with Crippen LogP contribution in [-0.4, -0.2) is 76.4 Å². The maximum Gasteiger partial charge on any atom is 0.259 e. The second-order valence-electron chi connectivity index (χ2n) is 12.1. The van der Waals surface area contributed by atoms with Crippen molar-refractivity contribution in [3.8, 4) is 5.75 Å². The Morgan fingerprint density at radius 3 is 2.70 bits per heavy atom. The number of nitrogens with one attached hydrogen (secondary N) is 2. The van der Waals surface area contributed by atoms with Crippen molar-refractivity contribution in [3.63, 3.8) is 0 Å². The summed E-state index contributed by atoms with van der Waals surface area (Å²) < 4.78 is 5.83. The van der Waals surface area contributed by atoms with Crippen molar-refractivity contribution in [1.29, 1.82) is 0 Å². The van der Waals surface area contributed by atoms with Gasteiger partial charge in [-0.25, -0.2) is 0 Å². The zero-order valence-corrected chi connectivity index (χ0v) is 25.3. The van der Waals surface area contributed by atoms with Gasteiger partial charge < -0.3 is 29.9 Å². The lowest BCUT2D eigenvalue weighted by molar-refractivity contribution is 0.0597. The summed E-state index contributed by atoms with van der Waals surface area (Å²) in [6, 6.07) is 12.0. The van der Waals surface area contributed by atoms with Crippen molar-refractivity contribution in [2.24, 2.45) is 4.99 Å². The normalized spacial score (nSPS) is 17.5. The van der Waals surface area contributed by atoms with Gasteiger partial charge in [0.1, 0.15) is 18.5 Å². The standard InChI is InChI=1S/C34H41N5O4/c1-4-11-38-12-8-25(9-13-38)39-19-24-17-29-23(15-27(24)34(39)42)16-30(37-29)32-28(7-10-35-33(32)41)36-18-26(40)20-43-31-6-5-21(2)14-22(31)3/h5-7,10,14-15,17,25-26,40H,4,8-9,11-13,16,18-20H2,1-3H3,(H2,35,36,41). The molecule has 4 heterocycles. The third-order valence-electron chi connectivity index (χ3n) is 8.83. The van der Waals surface area contributed by atoms with Gasteiger partial charge in [-0.1, -0.05) is 24.6 Å². The molecule has 9 nitrogen and oxygen atoms in total. The maximum atomic E-state index is 13.5. The Morgan fingerprint density at radius 1 is 1.12 bits per heavy atom. The van der Waals surface area contributed by atoms with Crippen molar-refractivity contribution >= 4 is 23.0 Å². The predicted octanol–water partition coefficient (Wildman–Crippen LogP) is 4.35. The fourth-order valence-corrected chi connectivity index (χ4v) is 6.58. The topological polar surface area (TPSA) is 110 Å². The molecule has 0 aliphatic carbocycles. The number of carbonyl (C=O) groups is 1. The molecule has 0 saturated carbocycles. The minimum Gasteiger partial charge on any atom is -0.491 e. The van der Waals surface area contributed by atoms with Crippen LogP contribution < -0.4 is 15.6 Å². The molecule has 9 heteroatoms. The first kappa shape index (κ1) is 29.1. The number of benzene rings is 2. The number of aliphatic hydroxyl groups excluding tert-OH is 1. The molecule has 0 bridgehead atoms. The quantitative estimate of drug-likeness (QED) is 0.327. The number of aromatic nitrogens is 1. The van der Waals surface area contributed by atoms with Crippen LogP contribution in [0.15, 0.2) is 52.4 Å². The third-order valence-corrected chi connectivity index (χ3v) is 8.83. The van der Waals surface area contributed by atoms with Crippen LogP contribution in [0.4, 0.5) is 11.4 Å². The van der Waals surface area contributed by atoms with E-state index in [0.717, 1.165) is 78.2 Å². The number of piperidine rings is 1. The van der Waals surface area contributed by atoms with E-state index < -0.39 is 6.10 Å². The average molecular weight is 584 g/mol. The Morgan fingerprint density at radius 2 is 1.93 bits per heavy atom. The van der Waals surface area contributed by atoms with Crippen LogP contribution >= 0.6 is 0 Å². The second-order valence-corrected chi connectivity index (χ2v) is 12.1. The van der Waals surface area contributed by atoms with E-state index in [1.807, 2.05) is 49.1 Å². The van der Waals surface area contributed by atoms with Crippen LogP contribution in [0.25, 0.3) is 0 Å². The van der Waals surface area contributed by atoms with E-state index in [9.17, 15) is 14.7 Å². The summed E-state index contributed by atoms with van der Waals surface area (Å²) in [5.74, 6) is 0.850. The van der Waals surface area contributed by atoms with Gasteiger partial charge in [-0.3, -0.25) is 14.6 Å². The maximum absolute atomic E-state index is 13.5. The van der Waals surface area contributed by atoms with Crippen molar-refractivity contribution in [3.05, 3.63) is 86.3 Å². The zero-order chi connectivity index (χ0) is 30.1. The molecule has 0 radical (unpaired) electrons. The number of aromatic amines is 1. The first-order valence-corrected chi connectivity index (χ1v) is 15.4. The molecule has 1 atom stereocenters. The number of H-pyrrole nitrogens is 1. The molecule has 43 heavy (non-hydrogen) atoms. The molecule has 6 rings (SSSR count). The summed E-state index contributed by atoms with van der Waals surface area (Å²) >= 11 is 0. The molecule has 0 spiro atoms. The van der Waals surface area contributed by atoms with Gasteiger partial charge >= 0.3 is 0 Å². The van der Waals surface area contributed by atoms with E-state index in [0.29, 0.717) is 29.9 Å². The Kier molecular flexibility index (Phi) is 8.36. The summed E-state index contributed by atoms with van der Waals surface area (Å²) in [4.78, 5) is 38.6. The number of hydrogen-bond acceptors (Lipinski definition) is 7. The summed E-state index contributed by atoms with van der Waals surface area (Å²) in [7, 11) is 0. The van der Waals surface area contributed by atoms with Gasteiger partial charge in [0.15, 0.2) is 0 Å². The summed E-state index contributed by atoms with van der Waals surface area (Å²) in [5.41, 5.74) is 7.17. The Balaban J connectivity index is 1.12. The first-order valence-electron chi connectivity index (χ1n) is 15.4. The molecule has 3 aromatic rings. The van der Waals surface area contributed by atoms with E-state index in [4.69, 9.17) is 9.73 Å². The fourth-order valence-electron chi connectivity index (χ4n) is 6.58. The second kappa shape index (κ2) is 12.3. The minimum atomic E-state index is -0.786. The average Bonchev–Trinajstić information content (AvgIpc) is 3.54. The van der Waals surface area contributed by atoms with Crippen LogP contribution in [0.1, 0.15) is 64.4 Å². The van der Waals surface area contributed by atoms with Crippen LogP contribution in [0.2, 0.25) is 0 Å². The van der Waals surface area contributed by atoms with E-state index in [1.54, 1.807) is 12.3 Å². The van der Waals surface area contributed by atoms with Crippen LogP contribution in [0.5, 0.6) is 5.75 Å². The van der Waals surface area contributed by atoms with Gasteiger partial charge in [0.05, 0.1) is 22.6 Å². The number of likely N-dealkylation sites (tertiary alicyclic amines) is 1. The molecular weight excluding hydrogens is 542 g/mol. The zero-order valence-electron chi connectivity index (χ0n) is 25.3. The Labute approximate surface area is 252 Å². The van der Waals surface area contributed by atoms with E-state index >= 15 is 0 Å². The highest BCUT2D eigenvalue weighted by Gasteiger charge is 2.36. The number of aliphatic imine (C=N–C) groups is 1. The minimum absolute atomic E-state index is 0.108. The molecule has 3 N–H and O–H groups in total. The van der Waals surface area contributed by atoms with Crippen LogP contribution in [-0.2, 0) is 13.0 Å². The number of pyridine rings is 1. The van der Waals surface area contributed by atoms with E-state index in [1.165, 1.54) is 0 Å². The lowest BCUT2D eigenvalue weighted by atomic mass is 10.00. The Hall–Kier alpha value is -3.95. The van der Waals surface area contributed by atoms with Gasteiger partial charge in [0, 0.05) is 50.4 Å². The first-order chi connectivity index (χ1) is 20.8. The molecule has 1 aromatic heterocycles. The Bertz CT molecular complexity index is 1600. The van der Waals surface area contributed by atoms with Crippen molar-refractivity contribution < 1.29 is 14.6 Å². The molecule has 226 valence electrons. The molecular formula is C34H41N5O4. The number of nitrogens with zero attached hydrogens (tertiary/aromatic N) is 3. The highest BCUT2D eigenvalue weighted by Crippen LogP contribution is 2.37. The van der Waals surface area contributed by atoms with Gasteiger partial charge in [0.2, 0.25) is 0 Å². The highest BCUT2D eigenvalue weighted by molar-refractivity contribution is 6.10. The van der Waals surface area contributed by atoms with Crippen LogP contribution in [0, 0.1) is 13.8 Å². The highest BCUT2D eigenvalue weighted by atomic mass is 16.5. The fraction of sp³-hybridized carbons (Fsp3) is 0.441. The molecule has 1 amide bonds. The lowest BCUT2D eigenvalue weighted by Crippen LogP contribution is -2.45. The molecule has 1 unspecified atom stereocenters. The van der Waals surface area contributed by atoms with Crippen molar-refractivity contribution in [1.82, 2.24) is 14.8 Å². The number of aliphatic hydroxyl groups is 1. The van der Waals surface area contributed by atoms with E-state index in [2.05, 4.69) is 22.1 Å². The number of anilines is 1. The monoisotopic (exact) mass is 583 g/mol. The number of ether oxygens (including phenoxy) is 1. The van der Waals surface area contributed by atoms with Gasteiger partial charge in [-0.15, -0.1) is 0 Å². The summed E-state index contributed by atoms with van der Waals surface area (Å²) in [6.07, 6.45) is 4.45. The predicted molar refractivity (Wildman–Crippen MR) is 169 cm³/mol. The van der Waals surface area contributed by atoms with Gasteiger partial charge in [0.25, 0.3) is 11.5 Å². The lowest BCUT2D eigenvalue weighted by Gasteiger charge is -2.36. The number of aryl methyl sites for hydroxylation is 2. The van der Waals surface area contributed by atoms with Crippen LogP contribution in [0.3, 0.4) is 0 Å². The number of rotatable bonds is 10.